The molecule has 0 atom stereocenters. The van der Waals surface area contributed by atoms with Crippen LogP contribution in [0.5, 0.6) is 0 Å². The van der Waals surface area contributed by atoms with Crippen LogP contribution in [0.3, 0.4) is 0 Å². The molecule has 5 heteroatoms. The van der Waals surface area contributed by atoms with Crippen LogP contribution in [0.4, 0.5) is 0 Å². The Morgan fingerprint density at radius 2 is 0.895 bits per heavy atom. The van der Waals surface area contributed by atoms with Crippen LogP contribution in [0, 0.1) is 0 Å². The van der Waals surface area contributed by atoms with Crippen LogP contribution in [-0.4, -0.2) is 24.5 Å². The van der Waals surface area contributed by atoms with Crippen molar-refractivity contribution in [3.05, 3.63) is 200 Å². The van der Waals surface area contributed by atoms with E-state index < -0.39 is 0 Å². The highest BCUT2D eigenvalue weighted by Gasteiger charge is 2.20. The highest BCUT2D eigenvalue weighted by atomic mass is 15.0. The molecule has 0 aliphatic heterocycles. The number of rotatable bonds is 6. The summed E-state index contributed by atoms with van der Waals surface area (Å²) in [6.07, 6.45) is 3.81. The van der Waals surface area contributed by atoms with Crippen molar-refractivity contribution in [1.29, 1.82) is 0 Å². The Morgan fingerprint density at radius 3 is 1.58 bits per heavy atom. The highest BCUT2D eigenvalue weighted by molar-refractivity contribution is 6.21. The van der Waals surface area contributed by atoms with Gasteiger partial charge in [-0.3, -0.25) is 4.98 Å². The Kier molecular flexibility index (Phi) is 7.74. The van der Waals surface area contributed by atoms with Crippen LogP contribution in [0.15, 0.2) is 200 Å². The molecule has 0 amide bonds. The van der Waals surface area contributed by atoms with Crippen molar-refractivity contribution in [1.82, 2.24) is 24.5 Å². The molecule has 0 aliphatic rings. The van der Waals surface area contributed by atoms with E-state index in [2.05, 4.69) is 167 Å². The number of nitrogens with zero attached hydrogens (tertiary/aromatic N) is 5. The molecule has 0 saturated carbocycles. The predicted octanol–water partition coefficient (Wildman–Crippen LogP) is 13.0. The average Bonchev–Trinajstić information content (AvgIpc) is 3.62. The van der Waals surface area contributed by atoms with Crippen molar-refractivity contribution >= 4 is 43.4 Å². The third-order valence-electron chi connectivity index (χ3n) is 10.9. The van der Waals surface area contributed by atoms with Crippen molar-refractivity contribution in [2.24, 2.45) is 0 Å². The zero-order chi connectivity index (χ0) is 37.7. The smallest absolute Gasteiger partial charge is 0.179 e. The summed E-state index contributed by atoms with van der Waals surface area (Å²) < 4.78 is 2.30. The zero-order valence-electron chi connectivity index (χ0n) is 30.8. The first kappa shape index (κ1) is 32.7. The van der Waals surface area contributed by atoms with Crippen molar-refractivity contribution in [3.8, 4) is 62.1 Å². The van der Waals surface area contributed by atoms with Crippen LogP contribution in [0.2, 0.25) is 0 Å². The fourth-order valence-electron chi connectivity index (χ4n) is 8.37. The van der Waals surface area contributed by atoms with Gasteiger partial charge in [0.05, 0.1) is 28.1 Å². The standard InChI is InChI=1S/C52H33N5/c1-4-15-34(16-5-1)46-32-47(36-27-28-48-42(31-36)43-33-53-30-29-49(43)57(48)37-19-8-3-9-20-37)56-52(55-46)45-26-14-25-44(54-45)51-40-23-12-10-21-38(40)50(35-17-6-2-7-18-35)39-22-11-13-24-41(39)51/h1-33H. The minimum absolute atomic E-state index is 0.566. The maximum absolute atomic E-state index is 5.38. The number of aromatic nitrogens is 5. The molecule has 57 heavy (non-hydrogen) atoms. The molecule has 266 valence electrons. The van der Waals surface area contributed by atoms with E-state index in [9.17, 15) is 0 Å². The molecule has 4 heterocycles. The number of benzene rings is 7. The second-order valence-electron chi connectivity index (χ2n) is 14.2. The average molecular weight is 728 g/mol. The molecule has 0 aliphatic carbocycles. The second-order valence-corrected chi connectivity index (χ2v) is 14.2. The Balaban J connectivity index is 1.11. The number of pyridine rings is 2. The molecule has 0 fully saturated rings. The largest absolute Gasteiger partial charge is 0.309 e. The molecule has 0 radical (unpaired) electrons. The van der Waals surface area contributed by atoms with Gasteiger partial charge in [-0.2, -0.15) is 0 Å². The Morgan fingerprint density at radius 1 is 0.333 bits per heavy atom. The first-order valence-corrected chi connectivity index (χ1v) is 19.1. The molecule has 4 aromatic heterocycles. The normalized spacial score (nSPS) is 11.5. The molecule has 0 unspecified atom stereocenters. The van der Waals surface area contributed by atoms with Crippen molar-refractivity contribution in [2.45, 2.75) is 0 Å². The van der Waals surface area contributed by atoms with Gasteiger partial charge in [0.25, 0.3) is 0 Å². The molecule has 0 spiro atoms. The topological polar surface area (TPSA) is 56.5 Å². The Bertz CT molecular complexity index is 3230. The van der Waals surface area contributed by atoms with Gasteiger partial charge in [-0.1, -0.05) is 140 Å². The lowest BCUT2D eigenvalue weighted by molar-refractivity contribution is 1.15. The van der Waals surface area contributed by atoms with E-state index >= 15 is 0 Å². The summed E-state index contributed by atoms with van der Waals surface area (Å²) in [7, 11) is 0. The van der Waals surface area contributed by atoms with E-state index in [1.165, 1.54) is 21.9 Å². The van der Waals surface area contributed by atoms with Crippen LogP contribution in [-0.2, 0) is 0 Å². The summed E-state index contributed by atoms with van der Waals surface area (Å²) in [5, 5.41) is 6.87. The Labute approximate surface area is 329 Å². The van der Waals surface area contributed by atoms with Crippen molar-refractivity contribution < 1.29 is 0 Å². The molecule has 0 saturated heterocycles. The third-order valence-corrected chi connectivity index (χ3v) is 10.9. The van der Waals surface area contributed by atoms with Crippen LogP contribution < -0.4 is 0 Å². The van der Waals surface area contributed by atoms with Gasteiger partial charge in [-0.25, -0.2) is 15.0 Å². The van der Waals surface area contributed by atoms with Crippen LogP contribution in [0.25, 0.3) is 105 Å². The summed E-state index contributed by atoms with van der Waals surface area (Å²) in [4.78, 5) is 20.3. The van der Waals surface area contributed by atoms with Gasteiger partial charge in [0.2, 0.25) is 0 Å². The van der Waals surface area contributed by atoms with E-state index in [1.807, 2.05) is 42.7 Å². The highest BCUT2D eigenvalue weighted by Crippen LogP contribution is 2.43. The zero-order valence-corrected chi connectivity index (χ0v) is 30.8. The molecule has 7 aromatic carbocycles. The number of fused-ring (bicyclic) bond motifs is 5. The van der Waals surface area contributed by atoms with Gasteiger partial charge in [-0.05, 0) is 81.2 Å². The summed E-state index contributed by atoms with van der Waals surface area (Å²) in [6, 6.07) is 65.7. The lowest BCUT2D eigenvalue weighted by atomic mass is 9.87. The quantitative estimate of drug-likeness (QED) is 0.160. The molecule has 11 aromatic rings. The molecule has 5 nitrogen and oxygen atoms in total. The monoisotopic (exact) mass is 727 g/mol. The summed E-state index contributed by atoms with van der Waals surface area (Å²) in [6.45, 7) is 0. The molecule has 0 bridgehead atoms. The fourth-order valence-corrected chi connectivity index (χ4v) is 8.37. The Hall–Kier alpha value is -7.76. The van der Waals surface area contributed by atoms with E-state index in [-0.39, 0.29) is 0 Å². The van der Waals surface area contributed by atoms with Gasteiger partial charge in [-0.15, -0.1) is 0 Å². The lowest BCUT2D eigenvalue weighted by Gasteiger charge is -2.17. The molecule has 0 N–H and O–H groups in total. The molecular formula is C52H33N5. The van der Waals surface area contributed by atoms with Gasteiger partial charge < -0.3 is 4.57 Å². The summed E-state index contributed by atoms with van der Waals surface area (Å²) in [5.41, 5.74) is 12.1. The van der Waals surface area contributed by atoms with Crippen molar-refractivity contribution in [2.75, 3.05) is 0 Å². The van der Waals surface area contributed by atoms with Gasteiger partial charge in [0, 0.05) is 45.5 Å². The second kappa shape index (κ2) is 13.5. The number of hydrogen-bond acceptors (Lipinski definition) is 4. The maximum Gasteiger partial charge on any atom is 0.179 e. The minimum atomic E-state index is 0.566. The number of para-hydroxylation sites is 1. The maximum atomic E-state index is 5.38. The van der Waals surface area contributed by atoms with Crippen LogP contribution >= 0.6 is 0 Å². The van der Waals surface area contributed by atoms with Gasteiger partial charge in [0.1, 0.15) is 5.69 Å². The van der Waals surface area contributed by atoms with Crippen molar-refractivity contribution in [3.63, 3.8) is 0 Å². The molecule has 11 rings (SSSR count). The van der Waals surface area contributed by atoms with E-state index in [0.717, 1.165) is 72.0 Å². The van der Waals surface area contributed by atoms with E-state index in [4.69, 9.17) is 15.0 Å². The summed E-state index contributed by atoms with van der Waals surface area (Å²) >= 11 is 0. The molecular weight excluding hydrogens is 695 g/mol. The van der Waals surface area contributed by atoms with Crippen LogP contribution in [0.1, 0.15) is 0 Å². The first-order valence-electron chi connectivity index (χ1n) is 19.1. The van der Waals surface area contributed by atoms with E-state index in [0.29, 0.717) is 11.5 Å². The minimum Gasteiger partial charge on any atom is -0.309 e. The fraction of sp³-hybridized carbons (Fsp3) is 0. The predicted molar refractivity (Wildman–Crippen MR) is 234 cm³/mol. The van der Waals surface area contributed by atoms with E-state index in [1.54, 1.807) is 0 Å². The van der Waals surface area contributed by atoms with Gasteiger partial charge in [0.15, 0.2) is 5.82 Å². The number of hydrogen-bond donors (Lipinski definition) is 0. The first-order chi connectivity index (χ1) is 28.3. The lowest BCUT2D eigenvalue weighted by Crippen LogP contribution is -1.99. The SMILES string of the molecule is c1ccc(-c2cc(-c3ccc4c(c3)c3cnccc3n4-c3ccccc3)nc(-c3cccc(-c4c5ccccc5c(-c5ccccc5)c5ccccc45)n3)n2)cc1. The third kappa shape index (κ3) is 5.56. The summed E-state index contributed by atoms with van der Waals surface area (Å²) in [5.74, 6) is 0.566. The van der Waals surface area contributed by atoms with Gasteiger partial charge >= 0.3 is 0 Å².